The zero-order valence-corrected chi connectivity index (χ0v) is 13.2. The van der Waals surface area contributed by atoms with Gasteiger partial charge in [-0.2, -0.15) is 0 Å². The summed E-state index contributed by atoms with van der Waals surface area (Å²) in [6.45, 7) is 5.20. The summed E-state index contributed by atoms with van der Waals surface area (Å²) in [5.74, 6) is 0.428. The fraction of sp³-hybridized carbons (Fsp3) is 0.412. The van der Waals surface area contributed by atoms with E-state index in [0.717, 1.165) is 24.9 Å². The van der Waals surface area contributed by atoms with Crippen molar-refractivity contribution in [3.05, 3.63) is 51.5 Å². The number of ether oxygens (including phenoxy) is 1. The molecule has 112 valence electrons. The van der Waals surface area contributed by atoms with Crippen molar-refractivity contribution >= 4 is 11.3 Å². The average molecular weight is 305 g/mol. The number of halogens is 1. The van der Waals surface area contributed by atoms with Crippen molar-refractivity contribution < 1.29 is 9.13 Å². The second-order valence-electron chi connectivity index (χ2n) is 5.48. The van der Waals surface area contributed by atoms with Crippen LogP contribution in [0.15, 0.2) is 30.3 Å². The molecule has 0 saturated carbocycles. The molecular weight excluding hydrogens is 285 g/mol. The molecule has 0 bridgehead atoms. The van der Waals surface area contributed by atoms with Gasteiger partial charge in [-0.15, -0.1) is 11.3 Å². The van der Waals surface area contributed by atoms with E-state index in [-0.39, 0.29) is 18.0 Å². The zero-order chi connectivity index (χ0) is 14.8. The van der Waals surface area contributed by atoms with Crippen LogP contribution in [0, 0.1) is 12.7 Å². The van der Waals surface area contributed by atoms with Gasteiger partial charge in [0.05, 0.1) is 0 Å². The molecule has 1 aromatic carbocycles. The van der Waals surface area contributed by atoms with Gasteiger partial charge in [0.25, 0.3) is 0 Å². The molecule has 21 heavy (non-hydrogen) atoms. The van der Waals surface area contributed by atoms with E-state index in [9.17, 15) is 4.39 Å². The second kappa shape index (κ2) is 6.16. The Morgan fingerprint density at radius 3 is 2.90 bits per heavy atom. The normalized spacial score (nSPS) is 20.9. The number of fused-ring (bicyclic) bond motifs is 1. The minimum Gasteiger partial charge on any atom is -0.484 e. The van der Waals surface area contributed by atoms with E-state index in [2.05, 4.69) is 31.3 Å². The molecule has 1 aromatic heterocycles. The van der Waals surface area contributed by atoms with E-state index in [0.29, 0.717) is 5.75 Å². The molecule has 1 aliphatic rings. The number of thiophene rings is 1. The quantitative estimate of drug-likeness (QED) is 0.879. The lowest BCUT2D eigenvalue weighted by Crippen LogP contribution is -2.29. The third kappa shape index (κ3) is 3.11. The van der Waals surface area contributed by atoms with Crippen LogP contribution in [0.3, 0.4) is 0 Å². The van der Waals surface area contributed by atoms with Crippen molar-refractivity contribution in [1.82, 2.24) is 5.32 Å². The summed E-state index contributed by atoms with van der Waals surface area (Å²) in [7, 11) is 0. The van der Waals surface area contributed by atoms with Crippen molar-refractivity contribution in [2.24, 2.45) is 0 Å². The number of hydrogen-bond donors (Lipinski definition) is 1. The molecule has 2 heterocycles. The van der Waals surface area contributed by atoms with Crippen LogP contribution >= 0.6 is 11.3 Å². The van der Waals surface area contributed by atoms with Gasteiger partial charge in [-0.05, 0) is 38.1 Å². The minimum absolute atomic E-state index is 0.00681. The van der Waals surface area contributed by atoms with E-state index in [4.69, 9.17) is 4.74 Å². The summed E-state index contributed by atoms with van der Waals surface area (Å²) >= 11 is 1.75. The predicted molar refractivity (Wildman–Crippen MR) is 84.5 cm³/mol. The number of aryl methyl sites for hydroxylation is 1. The molecular formula is C17H20FNOS. The van der Waals surface area contributed by atoms with Crippen LogP contribution in [0.2, 0.25) is 0 Å². The van der Waals surface area contributed by atoms with Gasteiger partial charge in [0.1, 0.15) is 17.7 Å². The van der Waals surface area contributed by atoms with Gasteiger partial charge in [0, 0.05) is 33.8 Å². The fourth-order valence-electron chi connectivity index (χ4n) is 2.75. The molecule has 2 nitrogen and oxygen atoms in total. The van der Waals surface area contributed by atoms with Crippen LogP contribution in [0.25, 0.3) is 0 Å². The Labute approximate surface area is 129 Å². The summed E-state index contributed by atoms with van der Waals surface area (Å²) < 4.78 is 19.6. The van der Waals surface area contributed by atoms with E-state index in [1.54, 1.807) is 11.3 Å². The minimum atomic E-state index is -0.244. The first-order valence-electron chi connectivity index (χ1n) is 7.43. The van der Waals surface area contributed by atoms with Crippen LogP contribution in [0.5, 0.6) is 5.75 Å². The van der Waals surface area contributed by atoms with Crippen LogP contribution in [0.1, 0.15) is 47.2 Å². The molecule has 2 atom stereocenters. The van der Waals surface area contributed by atoms with Gasteiger partial charge in [-0.25, -0.2) is 4.39 Å². The van der Waals surface area contributed by atoms with Crippen LogP contribution in [-0.2, 0) is 0 Å². The molecule has 0 aliphatic carbocycles. The Morgan fingerprint density at radius 1 is 1.33 bits per heavy atom. The molecule has 0 amide bonds. The molecule has 0 spiro atoms. The van der Waals surface area contributed by atoms with Gasteiger partial charge < -0.3 is 10.1 Å². The number of benzene rings is 1. The highest BCUT2D eigenvalue weighted by Crippen LogP contribution is 2.42. The predicted octanol–water partition coefficient (Wildman–Crippen LogP) is 4.76. The maximum absolute atomic E-state index is 13.5. The monoisotopic (exact) mass is 305 g/mol. The number of nitrogens with one attached hydrogen (secondary N) is 1. The smallest absolute Gasteiger partial charge is 0.135 e. The highest BCUT2D eigenvalue weighted by atomic mass is 32.1. The van der Waals surface area contributed by atoms with Crippen molar-refractivity contribution in [2.45, 2.75) is 38.8 Å². The molecule has 1 aliphatic heterocycles. The van der Waals surface area contributed by atoms with Gasteiger partial charge in [-0.3, -0.25) is 0 Å². The van der Waals surface area contributed by atoms with Gasteiger partial charge in [-0.1, -0.05) is 13.0 Å². The van der Waals surface area contributed by atoms with Crippen LogP contribution in [-0.4, -0.2) is 6.54 Å². The third-order valence-corrected chi connectivity index (χ3v) is 4.88. The maximum Gasteiger partial charge on any atom is 0.135 e. The second-order valence-corrected chi connectivity index (χ2v) is 6.80. The lowest BCUT2D eigenvalue weighted by Gasteiger charge is -2.32. The average Bonchev–Trinajstić information content (AvgIpc) is 2.90. The van der Waals surface area contributed by atoms with Gasteiger partial charge in [0.15, 0.2) is 0 Å². The van der Waals surface area contributed by atoms with Gasteiger partial charge >= 0.3 is 0 Å². The van der Waals surface area contributed by atoms with Crippen LogP contribution in [0.4, 0.5) is 4.39 Å². The molecule has 0 saturated heterocycles. The molecule has 1 N–H and O–H groups in total. The Kier molecular flexibility index (Phi) is 4.27. The van der Waals surface area contributed by atoms with Crippen molar-refractivity contribution in [2.75, 3.05) is 6.54 Å². The Bertz CT molecular complexity index is 625. The van der Waals surface area contributed by atoms with E-state index >= 15 is 0 Å². The fourth-order valence-corrected chi connectivity index (χ4v) is 3.67. The lowest BCUT2D eigenvalue weighted by molar-refractivity contribution is 0.154. The highest BCUT2D eigenvalue weighted by Gasteiger charge is 2.30. The van der Waals surface area contributed by atoms with Crippen molar-refractivity contribution in [3.8, 4) is 5.75 Å². The molecule has 4 heteroatoms. The largest absolute Gasteiger partial charge is 0.484 e. The van der Waals surface area contributed by atoms with E-state index < -0.39 is 0 Å². The summed E-state index contributed by atoms with van der Waals surface area (Å²) in [6, 6.07) is 9.31. The first-order valence-corrected chi connectivity index (χ1v) is 8.25. The first-order chi connectivity index (χ1) is 10.2. The van der Waals surface area contributed by atoms with Gasteiger partial charge in [0.2, 0.25) is 0 Å². The first kappa shape index (κ1) is 14.5. The standard InChI is InChI=1S/C17H20FNOS/c1-3-8-19-14-10-16(17-7-4-11(2)21-17)20-15-9-12(18)5-6-13(14)15/h4-7,9,14,16,19H,3,8,10H2,1-2H3. The highest BCUT2D eigenvalue weighted by molar-refractivity contribution is 7.12. The number of hydrogen-bond acceptors (Lipinski definition) is 3. The molecule has 0 fully saturated rings. The lowest BCUT2D eigenvalue weighted by atomic mass is 9.95. The van der Waals surface area contributed by atoms with Crippen molar-refractivity contribution in [3.63, 3.8) is 0 Å². The zero-order valence-electron chi connectivity index (χ0n) is 12.4. The Hall–Kier alpha value is -1.39. The molecule has 3 rings (SSSR count). The summed E-state index contributed by atoms with van der Waals surface area (Å²) in [6.07, 6.45) is 1.97. The Balaban J connectivity index is 1.91. The van der Waals surface area contributed by atoms with E-state index in [1.165, 1.54) is 21.9 Å². The van der Waals surface area contributed by atoms with Crippen molar-refractivity contribution in [1.29, 1.82) is 0 Å². The summed E-state index contributed by atoms with van der Waals surface area (Å²) in [5.41, 5.74) is 1.06. The number of rotatable bonds is 4. The molecule has 2 unspecified atom stereocenters. The van der Waals surface area contributed by atoms with E-state index in [1.807, 2.05) is 6.07 Å². The SMILES string of the molecule is CCCNC1CC(c2ccc(C)s2)Oc2cc(F)ccc21. The third-order valence-electron chi connectivity index (χ3n) is 3.79. The Morgan fingerprint density at radius 2 is 2.19 bits per heavy atom. The molecule has 2 aromatic rings. The topological polar surface area (TPSA) is 21.3 Å². The molecule has 0 radical (unpaired) electrons. The van der Waals surface area contributed by atoms with Crippen LogP contribution < -0.4 is 10.1 Å². The summed E-state index contributed by atoms with van der Waals surface area (Å²) in [5, 5.41) is 3.56. The summed E-state index contributed by atoms with van der Waals surface area (Å²) in [4.78, 5) is 2.49. The maximum atomic E-state index is 13.5.